The molecule has 0 atom stereocenters. The van der Waals surface area contributed by atoms with E-state index < -0.39 is 0 Å². The van der Waals surface area contributed by atoms with Gasteiger partial charge in [0, 0.05) is 21.8 Å². The molecule has 0 fully saturated rings. The zero-order valence-electron chi connectivity index (χ0n) is 13.1. The van der Waals surface area contributed by atoms with Crippen LogP contribution in [0.25, 0.3) is 11.0 Å². The van der Waals surface area contributed by atoms with Gasteiger partial charge in [-0.25, -0.2) is 9.36 Å². The summed E-state index contributed by atoms with van der Waals surface area (Å²) in [7, 11) is 0. The number of hydrogen-bond donors (Lipinski definition) is 1. The van der Waals surface area contributed by atoms with Gasteiger partial charge in [-0.15, -0.1) is 0 Å². The van der Waals surface area contributed by atoms with Gasteiger partial charge in [0.05, 0.1) is 11.0 Å². The molecule has 0 spiro atoms. The third-order valence-corrected chi connectivity index (χ3v) is 5.96. The van der Waals surface area contributed by atoms with E-state index in [1.165, 1.54) is 42.5 Å². The first-order valence-corrected chi connectivity index (χ1v) is 10.0. The lowest BCUT2D eigenvalue weighted by Gasteiger charge is -2.00. The Labute approximate surface area is 150 Å². The van der Waals surface area contributed by atoms with Gasteiger partial charge in [0.25, 0.3) is 0 Å². The standard InChI is InChI=1S/C17H20ClN3S2/c1-12-11-19-23-16(12)6-4-2-3-5-9-22-17-20-14-8-7-13(18)10-15(14)21-17/h7-8,10-11H,2-6,9H2,1H3,(H,20,21). The molecule has 122 valence electrons. The number of imidazole rings is 1. The summed E-state index contributed by atoms with van der Waals surface area (Å²) in [4.78, 5) is 9.34. The molecule has 0 aliphatic heterocycles. The molecule has 1 N–H and O–H groups in total. The minimum atomic E-state index is 0.744. The van der Waals surface area contributed by atoms with Gasteiger partial charge in [0.1, 0.15) is 0 Å². The third-order valence-electron chi connectivity index (χ3n) is 3.81. The molecule has 0 aliphatic carbocycles. The third kappa shape index (κ3) is 4.72. The van der Waals surface area contributed by atoms with Gasteiger partial charge in [-0.3, -0.25) is 0 Å². The van der Waals surface area contributed by atoms with E-state index >= 15 is 0 Å². The Bertz CT molecular complexity index is 766. The summed E-state index contributed by atoms with van der Waals surface area (Å²) in [6, 6.07) is 5.76. The lowest BCUT2D eigenvalue weighted by Crippen LogP contribution is -1.87. The van der Waals surface area contributed by atoms with Crippen LogP contribution in [0.3, 0.4) is 0 Å². The number of aromatic nitrogens is 3. The number of thioether (sulfide) groups is 1. The van der Waals surface area contributed by atoms with Crippen LogP contribution < -0.4 is 0 Å². The van der Waals surface area contributed by atoms with E-state index in [1.807, 2.05) is 24.4 Å². The molecule has 3 rings (SSSR count). The zero-order valence-corrected chi connectivity index (χ0v) is 15.5. The number of H-pyrrole nitrogens is 1. The van der Waals surface area contributed by atoms with Crippen LogP contribution in [-0.4, -0.2) is 20.1 Å². The Hall–Kier alpha value is -1.04. The SMILES string of the molecule is Cc1cnsc1CCCCCCSc1nc2ccc(Cl)cc2[nH]1. The van der Waals surface area contributed by atoms with Crippen LogP contribution >= 0.6 is 34.9 Å². The molecular formula is C17H20ClN3S2. The molecule has 2 aromatic heterocycles. The van der Waals surface area contributed by atoms with Crippen molar-refractivity contribution in [2.24, 2.45) is 0 Å². The van der Waals surface area contributed by atoms with Gasteiger partial charge in [0.15, 0.2) is 5.16 Å². The lowest BCUT2D eigenvalue weighted by molar-refractivity contribution is 0.672. The summed E-state index contributed by atoms with van der Waals surface area (Å²) in [6.45, 7) is 2.15. The largest absolute Gasteiger partial charge is 0.333 e. The normalized spacial score (nSPS) is 11.4. The minimum absolute atomic E-state index is 0.744. The van der Waals surface area contributed by atoms with E-state index in [0.717, 1.165) is 27.0 Å². The summed E-state index contributed by atoms with van der Waals surface area (Å²) >= 11 is 9.43. The van der Waals surface area contributed by atoms with Crippen LogP contribution in [0.2, 0.25) is 5.02 Å². The van der Waals surface area contributed by atoms with Gasteiger partial charge in [-0.2, -0.15) is 0 Å². The average Bonchev–Trinajstić information content (AvgIpc) is 3.12. The first-order valence-electron chi connectivity index (χ1n) is 7.90. The van der Waals surface area contributed by atoms with Crippen LogP contribution in [0.15, 0.2) is 29.6 Å². The first-order chi connectivity index (χ1) is 11.2. The minimum Gasteiger partial charge on any atom is -0.333 e. The Balaban J connectivity index is 1.34. The molecule has 0 amide bonds. The van der Waals surface area contributed by atoms with Crippen LogP contribution in [-0.2, 0) is 6.42 Å². The van der Waals surface area contributed by atoms with Gasteiger partial charge >= 0.3 is 0 Å². The van der Waals surface area contributed by atoms with Crippen molar-refractivity contribution in [1.29, 1.82) is 0 Å². The highest BCUT2D eigenvalue weighted by molar-refractivity contribution is 7.99. The van der Waals surface area contributed by atoms with Gasteiger partial charge in [-0.05, 0) is 61.5 Å². The number of unbranched alkanes of at least 4 members (excludes halogenated alkanes) is 3. The van der Waals surface area contributed by atoms with Crippen molar-refractivity contribution in [3.05, 3.63) is 39.9 Å². The maximum absolute atomic E-state index is 5.99. The van der Waals surface area contributed by atoms with E-state index in [2.05, 4.69) is 21.3 Å². The molecule has 0 aliphatic rings. The average molecular weight is 366 g/mol. The maximum atomic E-state index is 5.99. The molecule has 0 saturated carbocycles. The number of nitrogens with zero attached hydrogens (tertiary/aromatic N) is 2. The summed E-state index contributed by atoms with van der Waals surface area (Å²) in [5.41, 5.74) is 3.34. The quantitative estimate of drug-likeness (QED) is 0.400. The summed E-state index contributed by atoms with van der Waals surface area (Å²) < 4.78 is 4.23. The summed E-state index contributed by atoms with van der Waals surface area (Å²) in [5, 5.41) is 1.73. The highest BCUT2D eigenvalue weighted by Gasteiger charge is 2.04. The van der Waals surface area contributed by atoms with Gasteiger partial charge in [0.2, 0.25) is 0 Å². The second kappa shape index (κ2) is 8.18. The molecule has 3 nitrogen and oxygen atoms in total. The Morgan fingerprint density at radius 3 is 2.91 bits per heavy atom. The molecule has 1 aromatic carbocycles. The molecule has 23 heavy (non-hydrogen) atoms. The molecule has 0 unspecified atom stereocenters. The molecule has 3 aromatic rings. The van der Waals surface area contributed by atoms with E-state index in [0.29, 0.717) is 0 Å². The number of hydrogen-bond acceptors (Lipinski definition) is 4. The Morgan fingerprint density at radius 1 is 1.22 bits per heavy atom. The smallest absolute Gasteiger partial charge is 0.166 e. The van der Waals surface area contributed by atoms with Crippen molar-refractivity contribution < 1.29 is 0 Å². The predicted molar refractivity (Wildman–Crippen MR) is 101 cm³/mol. The van der Waals surface area contributed by atoms with E-state index in [-0.39, 0.29) is 0 Å². The number of benzene rings is 1. The number of aromatic amines is 1. The summed E-state index contributed by atoms with van der Waals surface area (Å²) in [6.07, 6.45) is 8.19. The van der Waals surface area contributed by atoms with E-state index in [9.17, 15) is 0 Å². The highest BCUT2D eigenvalue weighted by Crippen LogP contribution is 2.23. The van der Waals surface area contributed by atoms with Crippen molar-refractivity contribution in [2.75, 3.05) is 5.75 Å². The number of halogens is 1. The molecular weight excluding hydrogens is 346 g/mol. The zero-order chi connectivity index (χ0) is 16.1. The molecule has 0 bridgehead atoms. The lowest BCUT2D eigenvalue weighted by atomic mass is 10.1. The van der Waals surface area contributed by atoms with Crippen molar-refractivity contribution >= 4 is 45.9 Å². The molecule has 6 heteroatoms. The fourth-order valence-electron chi connectivity index (χ4n) is 2.49. The van der Waals surface area contributed by atoms with Crippen molar-refractivity contribution in [3.8, 4) is 0 Å². The second-order valence-electron chi connectivity index (χ2n) is 5.65. The van der Waals surface area contributed by atoms with Crippen LogP contribution in [0.5, 0.6) is 0 Å². The molecule has 0 saturated heterocycles. The Kier molecular flexibility index (Phi) is 5.97. The Morgan fingerprint density at radius 2 is 2.09 bits per heavy atom. The summed E-state index contributed by atoms with van der Waals surface area (Å²) in [5.74, 6) is 1.10. The predicted octanol–water partition coefficient (Wildman–Crippen LogP) is 5.88. The van der Waals surface area contributed by atoms with Gasteiger partial charge in [-0.1, -0.05) is 36.2 Å². The van der Waals surface area contributed by atoms with Crippen molar-refractivity contribution in [1.82, 2.24) is 14.3 Å². The monoisotopic (exact) mass is 365 g/mol. The highest BCUT2D eigenvalue weighted by atomic mass is 35.5. The second-order valence-corrected chi connectivity index (χ2v) is 8.05. The van der Waals surface area contributed by atoms with Crippen molar-refractivity contribution in [2.45, 2.75) is 44.2 Å². The van der Waals surface area contributed by atoms with Crippen LogP contribution in [0.1, 0.15) is 36.1 Å². The fraction of sp³-hybridized carbons (Fsp3) is 0.412. The number of rotatable bonds is 8. The van der Waals surface area contributed by atoms with E-state index in [4.69, 9.17) is 11.6 Å². The van der Waals surface area contributed by atoms with Crippen LogP contribution in [0, 0.1) is 6.92 Å². The van der Waals surface area contributed by atoms with Gasteiger partial charge < -0.3 is 4.98 Å². The topological polar surface area (TPSA) is 41.6 Å². The number of aryl methyl sites for hydroxylation is 2. The molecule has 0 radical (unpaired) electrons. The van der Waals surface area contributed by atoms with Crippen molar-refractivity contribution in [3.63, 3.8) is 0 Å². The number of fused-ring (bicyclic) bond motifs is 1. The number of nitrogens with one attached hydrogen (secondary N) is 1. The van der Waals surface area contributed by atoms with E-state index in [1.54, 1.807) is 23.3 Å². The maximum Gasteiger partial charge on any atom is 0.166 e. The first kappa shape index (κ1) is 16.8. The van der Waals surface area contributed by atoms with Crippen LogP contribution in [0.4, 0.5) is 0 Å². The molecule has 2 heterocycles. The fourth-order valence-corrected chi connectivity index (χ4v) is 4.32.